The van der Waals surface area contributed by atoms with Crippen LogP contribution in [0.5, 0.6) is 0 Å². The van der Waals surface area contributed by atoms with Gasteiger partial charge < -0.3 is 5.32 Å². The van der Waals surface area contributed by atoms with E-state index in [1.54, 1.807) is 30.7 Å². The molecule has 0 unspecified atom stereocenters. The number of imidazole rings is 1. The summed E-state index contributed by atoms with van der Waals surface area (Å²) in [7, 11) is 0. The SMILES string of the molecule is Cc1ccc(C(=O)Nc2cccc(C(F)(F)F)c2)cc1-c1cccc(-c2cnc3cnccn23)c1. The Morgan fingerprint density at radius 3 is 2.57 bits per heavy atom. The number of carbonyl (C=O) groups is 1. The summed E-state index contributed by atoms with van der Waals surface area (Å²) in [4.78, 5) is 21.3. The van der Waals surface area contributed by atoms with E-state index in [-0.39, 0.29) is 5.69 Å². The van der Waals surface area contributed by atoms with Gasteiger partial charge in [0.2, 0.25) is 0 Å². The molecule has 0 bridgehead atoms. The number of benzene rings is 3. The maximum atomic E-state index is 13.0. The number of aromatic nitrogens is 3. The molecule has 0 saturated heterocycles. The number of halogens is 3. The average molecular weight is 472 g/mol. The van der Waals surface area contributed by atoms with E-state index in [0.29, 0.717) is 5.56 Å². The third-order valence-electron chi connectivity index (χ3n) is 5.73. The van der Waals surface area contributed by atoms with Crippen LogP contribution in [0.1, 0.15) is 21.5 Å². The lowest BCUT2D eigenvalue weighted by Gasteiger charge is -2.12. The molecule has 1 amide bonds. The van der Waals surface area contributed by atoms with Crippen LogP contribution in [0.15, 0.2) is 91.5 Å². The zero-order valence-electron chi connectivity index (χ0n) is 18.5. The van der Waals surface area contributed by atoms with Crippen LogP contribution in [-0.2, 0) is 6.18 Å². The van der Waals surface area contributed by atoms with Gasteiger partial charge in [0.25, 0.3) is 5.91 Å². The molecule has 5 rings (SSSR count). The molecule has 0 radical (unpaired) electrons. The molecule has 0 aliphatic heterocycles. The highest BCUT2D eigenvalue weighted by molar-refractivity contribution is 6.05. The topological polar surface area (TPSA) is 59.3 Å². The summed E-state index contributed by atoms with van der Waals surface area (Å²) in [5, 5.41) is 2.57. The van der Waals surface area contributed by atoms with Gasteiger partial charge in [0.1, 0.15) is 0 Å². The lowest BCUT2D eigenvalue weighted by atomic mass is 9.96. The van der Waals surface area contributed by atoms with Gasteiger partial charge in [-0.05, 0) is 60.0 Å². The summed E-state index contributed by atoms with van der Waals surface area (Å²) < 4.78 is 41.0. The van der Waals surface area contributed by atoms with Crippen molar-refractivity contribution in [2.75, 3.05) is 5.32 Å². The highest BCUT2D eigenvalue weighted by Crippen LogP contribution is 2.32. The molecule has 35 heavy (non-hydrogen) atoms. The molecule has 0 fully saturated rings. The second kappa shape index (κ2) is 8.72. The van der Waals surface area contributed by atoms with Gasteiger partial charge in [0.15, 0.2) is 5.65 Å². The van der Waals surface area contributed by atoms with E-state index in [1.165, 1.54) is 12.1 Å². The minimum absolute atomic E-state index is 0.0797. The van der Waals surface area contributed by atoms with Crippen molar-refractivity contribution in [1.82, 2.24) is 14.4 Å². The van der Waals surface area contributed by atoms with Gasteiger partial charge in [-0.3, -0.25) is 14.2 Å². The molecule has 0 aliphatic carbocycles. The zero-order chi connectivity index (χ0) is 24.6. The highest BCUT2D eigenvalue weighted by Gasteiger charge is 2.30. The van der Waals surface area contributed by atoms with E-state index in [9.17, 15) is 18.0 Å². The molecule has 3 aromatic carbocycles. The number of carbonyl (C=O) groups excluding carboxylic acids is 1. The molecule has 1 N–H and O–H groups in total. The van der Waals surface area contributed by atoms with Crippen LogP contribution >= 0.6 is 0 Å². The molecule has 2 heterocycles. The molecule has 0 aliphatic rings. The summed E-state index contributed by atoms with van der Waals surface area (Å²) >= 11 is 0. The molecule has 2 aromatic heterocycles. The van der Waals surface area contributed by atoms with Gasteiger partial charge in [-0.2, -0.15) is 13.2 Å². The van der Waals surface area contributed by atoms with E-state index >= 15 is 0 Å². The summed E-state index contributed by atoms with van der Waals surface area (Å²) in [5.41, 5.74) is 4.89. The summed E-state index contributed by atoms with van der Waals surface area (Å²) in [6.07, 6.45) is 2.51. The molecule has 8 heteroatoms. The van der Waals surface area contributed by atoms with Crippen molar-refractivity contribution in [3.8, 4) is 22.4 Å². The van der Waals surface area contributed by atoms with Crippen LogP contribution < -0.4 is 5.32 Å². The van der Waals surface area contributed by atoms with Crippen molar-refractivity contribution >= 4 is 17.2 Å². The molecule has 0 spiro atoms. The number of hydrogen-bond donors (Lipinski definition) is 1. The lowest BCUT2D eigenvalue weighted by Crippen LogP contribution is -2.13. The van der Waals surface area contributed by atoms with Crippen LogP contribution in [0.3, 0.4) is 0 Å². The van der Waals surface area contributed by atoms with Gasteiger partial charge in [-0.1, -0.05) is 30.3 Å². The van der Waals surface area contributed by atoms with Crippen molar-refractivity contribution in [2.24, 2.45) is 0 Å². The van der Waals surface area contributed by atoms with Crippen LogP contribution in [-0.4, -0.2) is 20.3 Å². The maximum absolute atomic E-state index is 13.0. The predicted octanol–water partition coefficient (Wildman–Crippen LogP) is 6.64. The Labute approximate surface area is 198 Å². The van der Waals surface area contributed by atoms with Gasteiger partial charge in [-0.25, -0.2) is 4.98 Å². The number of nitrogens with zero attached hydrogens (tertiary/aromatic N) is 3. The fourth-order valence-electron chi connectivity index (χ4n) is 3.95. The van der Waals surface area contributed by atoms with Gasteiger partial charge in [0, 0.05) is 29.2 Å². The standard InChI is InChI=1S/C27H19F3N4O/c1-17-8-9-20(26(35)33-22-7-3-6-21(14-22)27(28,29)30)13-23(17)18-4-2-5-19(12-18)24-15-32-25-16-31-10-11-34(24)25/h2-16H,1H3,(H,33,35). The summed E-state index contributed by atoms with van der Waals surface area (Å²) in [6.45, 7) is 1.94. The van der Waals surface area contributed by atoms with E-state index < -0.39 is 17.6 Å². The van der Waals surface area contributed by atoms with Crippen molar-refractivity contribution < 1.29 is 18.0 Å². The Hall–Kier alpha value is -4.46. The number of nitrogens with one attached hydrogen (secondary N) is 1. The molecule has 0 atom stereocenters. The van der Waals surface area contributed by atoms with E-state index in [0.717, 1.165) is 45.7 Å². The number of amides is 1. The second-order valence-corrected chi connectivity index (χ2v) is 8.09. The normalized spacial score (nSPS) is 11.5. The van der Waals surface area contributed by atoms with Crippen LogP contribution in [0.25, 0.3) is 28.0 Å². The van der Waals surface area contributed by atoms with E-state index in [4.69, 9.17) is 0 Å². The third-order valence-corrected chi connectivity index (χ3v) is 5.73. The first kappa shape index (κ1) is 22.3. The van der Waals surface area contributed by atoms with E-state index in [2.05, 4.69) is 15.3 Å². The van der Waals surface area contributed by atoms with Crippen LogP contribution in [0.2, 0.25) is 0 Å². The van der Waals surface area contributed by atoms with Crippen molar-refractivity contribution in [3.63, 3.8) is 0 Å². The fraction of sp³-hybridized carbons (Fsp3) is 0.0741. The predicted molar refractivity (Wildman–Crippen MR) is 128 cm³/mol. The average Bonchev–Trinajstić information content (AvgIpc) is 3.28. The third kappa shape index (κ3) is 4.50. The quantitative estimate of drug-likeness (QED) is 0.319. The zero-order valence-corrected chi connectivity index (χ0v) is 18.5. The Bertz CT molecular complexity index is 1560. The number of aryl methyl sites for hydroxylation is 1. The highest BCUT2D eigenvalue weighted by atomic mass is 19.4. The Morgan fingerprint density at radius 2 is 1.74 bits per heavy atom. The summed E-state index contributed by atoms with van der Waals surface area (Å²) in [5.74, 6) is -0.490. The maximum Gasteiger partial charge on any atom is 0.416 e. The number of fused-ring (bicyclic) bond motifs is 1. The van der Waals surface area contributed by atoms with Crippen molar-refractivity contribution in [3.05, 3.63) is 108 Å². The first-order chi connectivity index (χ1) is 16.8. The van der Waals surface area contributed by atoms with Gasteiger partial charge in [0.05, 0.1) is 23.7 Å². The number of hydrogen-bond acceptors (Lipinski definition) is 3. The number of anilines is 1. The summed E-state index contributed by atoms with van der Waals surface area (Å²) in [6, 6.07) is 17.7. The van der Waals surface area contributed by atoms with E-state index in [1.807, 2.05) is 47.9 Å². The Balaban J connectivity index is 1.46. The number of rotatable bonds is 4. The molecule has 174 valence electrons. The molecule has 5 aromatic rings. The molecular formula is C27H19F3N4O. The Kier molecular flexibility index (Phi) is 5.56. The fourth-order valence-corrected chi connectivity index (χ4v) is 3.95. The number of alkyl halides is 3. The van der Waals surface area contributed by atoms with Gasteiger partial charge >= 0.3 is 6.18 Å². The van der Waals surface area contributed by atoms with Crippen LogP contribution in [0.4, 0.5) is 18.9 Å². The molecular weight excluding hydrogens is 453 g/mol. The largest absolute Gasteiger partial charge is 0.416 e. The molecule has 0 saturated carbocycles. The minimum atomic E-state index is -4.49. The smallest absolute Gasteiger partial charge is 0.322 e. The van der Waals surface area contributed by atoms with Crippen molar-refractivity contribution in [2.45, 2.75) is 13.1 Å². The first-order valence-corrected chi connectivity index (χ1v) is 10.8. The monoisotopic (exact) mass is 472 g/mol. The Morgan fingerprint density at radius 1 is 0.943 bits per heavy atom. The van der Waals surface area contributed by atoms with Gasteiger partial charge in [-0.15, -0.1) is 0 Å². The molecule has 5 nitrogen and oxygen atoms in total. The van der Waals surface area contributed by atoms with Crippen LogP contribution in [0, 0.1) is 6.92 Å². The van der Waals surface area contributed by atoms with Crippen molar-refractivity contribution in [1.29, 1.82) is 0 Å². The second-order valence-electron chi connectivity index (χ2n) is 8.09. The minimum Gasteiger partial charge on any atom is -0.322 e. The lowest BCUT2D eigenvalue weighted by molar-refractivity contribution is -0.137. The first-order valence-electron chi connectivity index (χ1n) is 10.8.